The van der Waals surface area contributed by atoms with Crippen molar-refractivity contribution in [2.75, 3.05) is 49.5 Å². The molecule has 0 aromatic heterocycles. The minimum Gasteiger partial charge on any atom is -0.494 e. The molecule has 1 saturated heterocycles. The zero-order chi connectivity index (χ0) is 21.3. The molecular weight excluding hydrogens is 396 g/mol. The Bertz CT molecular complexity index is 849. The summed E-state index contributed by atoms with van der Waals surface area (Å²) in [7, 11) is 0. The number of hydrogen-bond donors (Lipinski definition) is 2. The molecule has 2 N–H and O–H groups in total. The van der Waals surface area contributed by atoms with E-state index in [1.54, 1.807) is 18.2 Å². The number of nitrogens with zero attached hydrogens (tertiary/aromatic N) is 2. The van der Waals surface area contributed by atoms with Gasteiger partial charge in [-0.2, -0.15) is 0 Å². The van der Waals surface area contributed by atoms with Crippen LogP contribution in [0.15, 0.2) is 48.5 Å². The molecule has 0 bridgehead atoms. The predicted molar refractivity (Wildman–Crippen MR) is 127 cm³/mol. The number of piperazine rings is 1. The molecule has 1 aliphatic rings. The SMILES string of the molecule is CCCOc1cccc(C(=O)NC(=S)Nc2ccc(N3CCN(CC)CC3)cc2)c1. The Kier molecular flexibility index (Phi) is 8.04. The number of anilines is 2. The van der Waals surface area contributed by atoms with Gasteiger partial charge in [-0.05, 0) is 67.6 Å². The molecule has 7 heteroatoms. The molecule has 6 nitrogen and oxygen atoms in total. The zero-order valence-electron chi connectivity index (χ0n) is 17.7. The Morgan fingerprint density at radius 2 is 1.80 bits per heavy atom. The first-order valence-corrected chi connectivity index (χ1v) is 10.9. The summed E-state index contributed by atoms with van der Waals surface area (Å²) in [6, 6.07) is 15.2. The molecule has 1 amide bonds. The van der Waals surface area contributed by atoms with E-state index in [0.29, 0.717) is 17.9 Å². The normalized spacial score (nSPS) is 14.3. The van der Waals surface area contributed by atoms with E-state index in [0.717, 1.165) is 44.8 Å². The van der Waals surface area contributed by atoms with Crippen LogP contribution in [-0.4, -0.2) is 55.3 Å². The van der Waals surface area contributed by atoms with Gasteiger partial charge in [0.1, 0.15) is 5.75 Å². The van der Waals surface area contributed by atoms with Crippen LogP contribution >= 0.6 is 12.2 Å². The number of amides is 1. The van der Waals surface area contributed by atoms with Crippen LogP contribution in [0.1, 0.15) is 30.6 Å². The van der Waals surface area contributed by atoms with Crippen LogP contribution in [0, 0.1) is 0 Å². The third-order valence-corrected chi connectivity index (χ3v) is 5.31. The molecule has 0 spiro atoms. The first kappa shape index (κ1) is 22.1. The average molecular weight is 427 g/mol. The Morgan fingerprint density at radius 1 is 1.07 bits per heavy atom. The third kappa shape index (κ3) is 6.18. The van der Waals surface area contributed by atoms with Gasteiger partial charge >= 0.3 is 0 Å². The van der Waals surface area contributed by atoms with E-state index in [4.69, 9.17) is 17.0 Å². The lowest BCUT2D eigenvalue weighted by molar-refractivity contribution is 0.0977. The average Bonchev–Trinajstić information content (AvgIpc) is 2.78. The van der Waals surface area contributed by atoms with Crippen LogP contribution in [0.25, 0.3) is 0 Å². The molecular formula is C23H30N4O2S. The second-order valence-electron chi connectivity index (χ2n) is 7.25. The number of carbonyl (C=O) groups excluding carboxylic acids is 1. The van der Waals surface area contributed by atoms with Gasteiger partial charge in [-0.3, -0.25) is 10.1 Å². The molecule has 1 fully saturated rings. The number of thiocarbonyl (C=S) groups is 1. The molecule has 1 aliphatic heterocycles. The molecule has 0 saturated carbocycles. The Morgan fingerprint density at radius 3 is 2.47 bits per heavy atom. The second kappa shape index (κ2) is 10.9. The molecule has 2 aromatic rings. The summed E-state index contributed by atoms with van der Waals surface area (Å²) in [4.78, 5) is 17.3. The number of carbonyl (C=O) groups is 1. The second-order valence-corrected chi connectivity index (χ2v) is 7.66. The van der Waals surface area contributed by atoms with E-state index in [2.05, 4.69) is 39.5 Å². The van der Waals surface area contributed by atoms with Gasteiger partial charge in [-0.15, -0.1) is 0 Å². The summed E-state index contributed by atoms with van der Waals surface area (Å²) in [5.74, 6) is 0.415. The van der Waals surface area contributed by atoms with Crippen molar-refractivity contribution < 1.29 is 9.53 Å². The maximum absolute atomic E-state index is 12.5. The quantitative estimate of drug-likeness (QED) is 0.658. The van der Waals surface area contributed by atoms with Gasteiger partial charge in [0, 0.05) is 43.1 Å². The van der Waals surface area contributed by atoms with Crippen molar-refractivity contribution in [1.82, 2.24) is 10.2 Å². The smallest absolute Gasteiger partial charge is 0.257 e. The van der Waals surface area contributed by atoms with Gasteiger partial charge < -0.3 is 19.9 Å². The third-order valence-electron chi connectivity index (χ3n) is 5.11. The first-order chi connectivity index (χ1) is 14.6. The van der Waals surface area contributed by atoms with Crippen molar-refractivity contribution in [3.05, 3.63) is 54.1 Å². The van der Waals surface area contributed by atoms with Crippen molar-refractivity contribution >= 4 is 34.6 Å². The van der Waals surface area contributed by atoms with Gasteiger partial charge in [0.15, 0.2) is 5.11 Å². The van der Waals surface area contributed by atoms with Crippen LogP contribution in [0.3, 0.4) is 0 Å². The summed E-state index contributed by atoms with van der Waals surface area (Å²) >= 11 is 5.31. The van der Waals surface area contributed by atoms with Gasteiger partial charge in [-0.25, -0.2) is 0 Å². The zero-order valence-corrected chi connectivity index (χ0v) is 18.5. The maximum Gasteiger partial charge on any atom is 0.257 e. The van der Waals surface area contributed by atoms with E-state index in [-0.39, 0.29) is 11.0 Å². The van der Waals surface area contributed by atoms with Gasteiger partial charge in [0.2, 0.25) is 0 Å². The fraction of sp³-hybridized carbons (Fsp3) is 0.391. The monoisotopic (exact) mass is 426 g/mol. The highest BCUT2D eigenvalue weighted by Crippen LogP contribution is 2.19. The van der Waals surface area contributed by atoms with E-state index < -0.39 is 0 Å². The highest BCUT2D eigenvalue weighted by atomic mass is 32.1. The molecule has 160 valence electrons. The van der Waals surface area contributed by atoms with Crippen LogP contribution < -0.4 is 20.3 Å². The van der Waals surface area contributed by atoms with E-state index >= 15 is 0 Å². The summed E-state index contributed by atoms with van der Waals surface area (Å²) in [6.45, 7) is 10.2. The number of rotatable bonds is 7. The number of benzene rings is 2. The molecule has 0 atom stereocenters. The lowest BCUT2D eigenvalue weighted by Crippen LogP contribution is -2.46. The summed E-state index contributed by atoms with van der Waals surface area (Å²) in [5.41, 5.74) is 2.56. The number of likely N-dealkylation sites (N-methyl/N-ethyl adjacent to an activating group) is 1. The molecule has 1 heterocycles. The Labute approximate surface area is 184 Å². The standard InChI is InChI=1S/C23H30N4O2S/c1-3-16-29-21-7-5-6-18(17-21)22(28)25-23(30)24-19-8-10-20(11-9-19)27-14-12-26(4-2)13-15-27/h5-11,17H,3-4,12-16H2,1-2H3,(H2,24,25,28,30). The van der Waals surface area contributed by atoms with E-state index in [1.807, 2.05) is 25.1 Å². The minimum atomic E-state index is -0.264. The number of nitrogens with one attached hydrogen (secondary N) is 2. The molecule has 3 rings (SSSR count). The Balaban J connectivity index is 1.51. The highest BCUT2D eigenvalue weighted by molar-refractivity contribution is 7.80. The summed E-state index contributed by atoms with van der Waals surface area (Å²) < 4.78 is 5.58. The van der Waals surface area contributed by atoms with Crippen LogP contribution in [0.5, 0.6) is 5.75 Å². The van der Waals surface area contributed by atoms with Crippen molar-refractivity contribution in [3.8, 4) is 5.75 Å². The molecule has 0 radical (unpaired) electrons. The van der Waals surface area contributed by atoms with E-state index in [1.165, 1.54) is 5.69 Å². The van der Waals surface area contributed by atoms with Crippen molar-refractivity contribution in [3.63, 3.8) is 0 Å². The first-order valence-electron chi connectivity index (χ1n) is 10.5. The lowest BCUT2D eigenvalue weighted by Gasteiger charge is -2.35. The van der Waals surface area contributed by atoms with Crippen LogP contribution in [0.2, 0.25) is 0 Å². The molecule has 0 aliphatic carbocycles. The Hall–Kier alpha value is -2.64. The fourth-order valence-electron chi connectivity index (χ4n) is 3.36. The molecule has 30 heavy (non-hydrogen) atoms. The van der Waals surface area contributed by atoms with Gasteiger partial charge in [0.05, 0.1) is 6.61 Å². The summed E-state index contributed by atoms with van der Waals surface area (Å²) in [5, 5.41) is 6.07. The lowest BCUT2D eigenvalue weighted by atomic mass is 10.2. The van der Waals surface area contributed by atoms with Gasteiger partial charge in [-0.1, -0.05) is 19.9 Å². The fourth-order valence-corrected chi connectivity index (χ4v) is 3.57. The van der Waals surface area contributed by atoms with E-state index in [9.17, 15) is 4.79 Å². The van der Waals surface area contributed by atoms with Crippen molar-refractivity contribution in [2.24, 2.45) is 0 Å². The van der Waals surface area contributed by atoms with Crippen molar-refractivity contribution in [2.45, 2.75) is 20.3 Å². The highest BCUT2D eigenvalue weighted by Gasteiger charge is 2.16. The maximum atomic E-state index is 12.5. The largest absolute Gasteiger partial charge is 0.494 e. The van der Waals surface area contributed by atoms with Gasteiger partial charge in [0.25, 0.3) is 5.91 Å². The number of hydrogen-bond acceptors (Lipinski definition) is 5. The number of ether oxygens (including phenoxy) is 1. The minimum absolute atomic E-state index is 0.264. The van der Waals surface area contributed by atoms with Crippen molar-refractivity contribution in [1.29, 1.82) is 0 Å². The topological polar surface area (TPSA) is 56.8 Å². The summed E-state index contributed by atoms with van der Waals surface area (Å²) in [6.07, 6.45) is 0.915. The molecule has 0 unspecified atom stereocenters. The van der Waals surface area contributed by atoms with Crippen LogP contribution in [-0.2, 0) is 0 Å². The van der Waals surface area contributed by atoms with Crippen LogP contribution in [0.4, 0.5) is 11.4 Å². The predicted octanol–water partition coefficient (Wildman–Crippen LogP) is 3.74. The molecule has 2 aromatic carbocycles.